The first kappa shape index (κ1) is 13.2. The highest BCUT2D eigenvalue weighted by atomic mass is 16.2. The van der Waals surface area contributed by atoms with Crippen molar-refractivity contribution in [3.63, 3.8) is 0 Å². The quantitative estimate of drug-likeness (QED) is 0.561. The zero-order valence-electron chi connectivity index (χ0n) is 10.5. The number of hydrogen-bond donors (Lipinski definition) is 0. The van der Waals surface area contributed by atoms with Crippen LogP contribution in [0, 0.1) is 0 Å². The number of likely N-dealkylation sites (N-methyl/N-ethyl adjacent to an activating group) is 1. The molecule has 0 saturated heterocycles. The topological polar surface area (TPSA) is 20.3 Å². The van der Waals surface area contributed by atoms with Crippen LogP contribution in [0.5, 0.6) is 0 Å². The van der Waals surface area contributed by atoms with Gasteiger partial charge < -0.3 is 4.90 Å². The molecular weight excluding hydrogens is 210 g/mol. The second-order valence-corrected chi connectivity index (χ2v) is 3.92. The molecule has 0 radical (unpaired) electrons. The molecule has 0 N–H and O–H groups in total. The molecule has 0 aliphatic carbocycles. The van der Waals surface area contributed by atoms with Crippen LogP contribution in [-0.4, -0.2) is 17.9 Å². The van der Waals surface area contributed by atoms with Crippen LogP contribution < -0.4 is 0 Å². The van der Waals surface area contributed by atoms with E-state index in [4.69, 9.17) is 0 Å². The standard InChI is InChI=1S/C15H19NO/c1-4-9-14(5-2)15(17)16(3)12-13-10-7-6-8-11-13/h5-11H,2,4,12H2,1,3H3/b14-9+. The molecule has 1 aromatic carbocycles. The van der Waals surface area contributed by atoms with E-state index in [1.807, 2.05) is 50.4 Å². The van der Waals surface area contributed by atoms with Gasteiger partial charge in [0, 0.05) is 19.2 Å². The van der Waals surface area contributed by atoms with Gasteiger partial charge in [0.15, 0.2) is 0 Å². The van der Waals surface area contributed by atoms with E-state index < -0.39 is 0 Å². The number of rotatable bonds is 5. The molecule has 2 heteroatoms. The van der Waals surface area contributed by atoms with Gasteiger partial charge >= 0.3 is 0 Å². The van der Waals surface area contributed by atoms with Crippen LogP contribution in [0.25, 0.3) is 0 Å². The molecule has 0 heterocycles. The number of carbonyl (C=O) groups is 1. The minimum atomic E-state index is 0.0192. The van der Waals surface area contributed by atoms with Gasteiger partial charge in [-0.3, -0.25) is 4.79 Å². The lowest BCUT2D eigenvalue weighted by atomic mass is 10.1. The molecule has 0 saturated carbocycles. The van der Waals surface area contributed by atoms with Crippen LogP contribution in [0.3, 0.4) is 0 Å². The van der Waals surface area contributed by atoms with Crippen LogP contribution in [-0.2, 0) is 11.3 Å². The van der Waals surface area contributed by atoms with Crippen molar-refractivity contribution in [3.8, 4) is 0 Å². The minimum absolute atomic E-state index is 0.0192. The summed E-state index contributed by atoms with van der Waals surface area (Å²) in [7, 11) is 1.81. The van der Waals surface area contributed by atoms with Crippen LogP contribution in [0.15, 0.2) is 54.6 Å². The summed E-state index contributed by atoms with van der Waals surface area (Å²) >= 11 is 0. The highest BCUT2D eigenvalue weighted by Crippen LogP contribution is 2.08. The van der Waals surface area contributed by atoms with E-state index in [9.17, 15) is 4.79 Å². The van der Waals surface area contributed by atoms with E-state index in [2.05, 4.69) is 6.58 Å². The molecule has 1 aromatic rings. The lowest BCUT2D eigenvalue weighted by Gasteiger charge is -2.17. The fraction of sp³-hybridized carbons (Fsp3) is 0.267. The van der Waals surface area contributed by atoms with E-state index in [1.165, 1.54) is 0 Å². The van der Waals surface area contributed by atoms with Gasteiger partial charge in [-0.15, -0.1) is 0 Å². The zero-order chi connectivity index (χ0) is 12.7. The molecule has 0 aliphatic heterocycles. The Hall–Kier alpha value is -1.83. The molecule has 1 amide bonds. The summed E-state index contributed by atoms with van der Waals surface area (Å²) in [5, 5.41) is 0. The molecular formula is C15H19NO. The number of benzene rings is 1. The maximum Gasteiger partial charge on any atom is 0.253 e. The van der Waals surface area contributed by atoms with Crippen molar-refractivity contribution < 1.29 is 4.79 Å². The lowest BCUT2D eigenvalue weighted by Crippen LogP contribution is -2.27. The van der Waals surface area contributed by atoms with Crippen molar-refractivity contribution in [2.75, 3.05) is 7.05 Å². The fourth-order valence-corrected chi connectivity index (χ4v) is 1.63. The molecule has 0 fully saturated rings. The Bertz CT molecular complexity index is 406. The van der Waals surface area contributed by atoms with Gasteiger partial charge in [-0.25, -0.2) is 0 Å². The summed E-state index contributed by atoms with van der Waals surface area (Å²) in [6.45, 7) is 6.30. The van der Waals surface area contributed by atoms with Crippen molar-refractivity contribution in [1.82, 2.24) is 4.90 Å². The number of hydrogen-bond acceptors (Lipinski definition) is 1. The van der Waals surface area contributed by atoms with Crippen molar-refractivity contribution in [2.45, 2.75) is 19.9 Å². The Labute approximate surface area is 103 Å². The van der Waals surface area contributed by atoms with E-state index in [0.717, 1.165) is 12.0 Å². The molecule has 17 heavy (non-hydrogen) atoms. The highest BCUT2D eigenvalue weighted by Gasteiger charge is 2.11. The maximum absolute atomic E-state index is 12.1. The third-order valence-electron chi connectivity index (χ3n) is 2.50. The van der Waals surface area contributed by atoms with Gasteiger partial charge in [-0.05, 0) is 12.0 Å². The van der Waals surface area contributed by atoms with Gasteiger partial charge in [-0.1, -0.05) is 56.0 Å². The molecule has 0 spiro atoms. The van der Waals surface area contributed by atoms with Crippen LogP contribution in [0.4, 0.5) is 0 Å². The Balaban J connectivity index is 2.70. The highest BCUT2D eigenvalue weighted by molar-refractivity contribution is 5.95. The SMILES string of the molecule is C=C/C(=C\CC)C(=O)N(C)Cc1ccccc1. The van der Waals surface area contributed by atoms with Gasteiger partial charge in [-0.2, -0.15) is 0 Å². The van der Waals surface area contributed by atoms with Gasteiger partial charge in [0.1, 0.15) is 0 Å². The summed E-state index contributed by atoms with van der Waals surface area (Å²) in [6.07, 6.45) is 4.36. The number of amides is 1. The van der Waals surface area contributed by atoms with Crippen molar-refractivity contribution in [3.05, 3.63) is 60.2 Å². The first-order valence-corrected chi connectivity index (χ1v) is 5.81. The van der Waals surface area contributed by atoms with Crippen molar-refractivity contribution >= 4 is 5.91 Å². The summed E-state index contributed by atoms with van der Waals surface area (Å²) in [4.78, 5) is 13.8. The second-order valence-electron chi connectivity index (χ2n) is 3.92. The first-order chi connectivity index (χ1) is 8.19. The van der Waals surface area contributed by atoms with Crippen LogP contribution in [0.2, 0.25) is 0 Å². The van der Waals surface area contributed by atoms with Crippen molar-refractivity contribution in [2.24, 2.45) is 0 Å². The summed E-state index contributed by atoms with van der Waals surface area (Å²) in [5.41, 5.74) is 1.80. The smallest absolute Gasteiger partial charge is 0.253 e. The normalized spacial score (nSPS) is 11.1. The number of allylic oxidation sites excluding steroid dienone is 1. The first-order valence-electron chi connectivity index (χ1n) is 5.81. The molecule has 0 bridgehead atoms. The Morgan fingerprint density at radius 3 is 2.53 bits per heavy atom. The number of nitrogens with zero attached hydrogens (tertiary/aromatic N) is 1. The third kappa shape index (κ3) is 3.91. The Kier molecular flexibility index (Phi) is 5.21. The molecule has 90 valence electrons. The van der Waals surface area contributed by atoms with Crippen LogP contribution in [0.1, 0.15) is 18.9 Å². The van der Waals surface area contributed by atoms with Gasteiger partial charge in [0.05, 0.1) is 0 Å². The van der Waals surface area contributed by atoms with E-state index >= 15 is 0 Å². The van der Waals surface area contributed by atoms with E-state index in [0.29, 0.717) is 12.1 Å². The molecule has 0 aliphatic rings. The third-order valence-corrected chi connectivity index (χ3v) is 2.50. The predicted octanol–water partition coefficient (Wildman–Crippen LogP) is 3.17. The fourth-order valence-electron chi connectivity index (χ4n) is 1.63. The Morgan fingerprint density at radius 1 is 1.35 bits per heavy atom. The van der Waals surface area contributed by atoms with Crippen molar-refractivity contribution in [1.29, 1.82) is 0 Å². The Morgan fingerprint density at radius 2 is 2.00 bits per heavy atom. The largest absolute Gasteiger partial charge is 0.337 e. The lowest BCUT2D eigenvalue weighted by molar-refractivity contribution is -0.126. The van der Waals surface area contributed by atoms with Crippen LogP contribution >= 0.6 is 0 Å². The summed E-state index contributed by atoms with van der Waals surface area (Å²) < 4.78 is 0. The summed E-state index contributed by atoms with van der Waals surface area (Å²) in [6, 6.07) is 9.95. The minimum Gasteiger partial charge on any atom is -0.337 e. The molecule has 1 rings (SSSR count). The molecule has 0 aromatic heterocycles. The molecule has 2 nitrogen and oxygen atoms in total. The maximum atomic E-state index is 12.1. The summed E-state index contributed by atoms with van der Waals surface area (Å²) in [5.74, 6) is 0.0192. The monoisotopic (exact) mass is 229 g/mol. The average Bonchev–Trinajstić information content (AvgIpc) is 2.36. The van der Waals surface area contributed by atoms with E-state index in [1.54, 1.807) is 11.0 Å². The average molecular weight is 229 g/mol. The van der Waals surface area contributed by atoms with E-state index in [-0.39, 0.29) is 5.91 Å². The second kappa shape index (κ2) is 6.69. The van der Waals surface area contributed by atoms with Gasteiger partial charge in [0.25, 0.3) is 5.91 Å². The zero-order valence-corrected chi connectivity index (χ0v) is 10.5. The van der Waals surface area contributed by atoms with Gasteiger partial charge in [0.2, 0.25) is 0 Å². The predicted molar refractivity (Wildman–Crippen MR) is 71.5 cm³/mol. The molecule has 0 unspecified atom stereocenters. The molecule has 0 atom stereocenters. The number of carbonyl (C=O) groups excluding carboxylic acids is 1.